The van der Waals surface area contributed by atoms with E-state index in [0.29, 0.717) is 12.5 Å². The summed E-state index contributed by atoms with van der Waals surface area (Å²) >= 11 is 0. The van der Waals surface area contributed by atoms with Crippen LogP contribution in [0.15, 0.2) is 24.3 Å². The van der Waals surface area contributed by atoms with Gasteiger partial charge < -0.3 is 5.32 Å². The van der Waals surface area contributed by atoms with Crippen LogP contribution in [-0.4, -0.2) is 6.04 Å². The van der Waals surface area contributed by atoms with Gasteiger partial charge in [0.2, 0.25) is 0 Å². The lowest BCUT2D eigenvalue weighted by atomic mass is 9.89. The molecule has 1 aliphatic rings. The molecule has 0 spiro atoms. The smallest absolute Gasteiger partial charge is 0.0669 e. The molecule has 0 aliphatic heterocycles. The minimum atomic E-state index is 0.500. The van der Waals surface area contributed by atoms with Crippen molar-refractivity contribution in [3.05, 3.63) is 29.8 Å². The Hall–Kier alpha value is -1.49. The summed E-state index contributed by atoms with van der Waals surface area (Å²) < 4.78 is 0. The molecule has 1 aromatic carbocycles. The Morgan fingerprint density at radius 1 is 1.15 bits per heavy atom. The summed E-state index contributed by atoms with van der Waals surface area (Å²) in [4.78, 5) is 0. The van der Waals surface area contributed by atoms with Crippen molar-refractivity contribution in [1.29, 1.82) is 5.26 Å². The van der Waals surface area contributed by atoms with Crippen LogP contribution in [-0.2, 0) is 6.42 Å². The van der Waals surface area contributed by atoms with E-state index in [9.17, 15) is 0 Å². The van der Waals surface area contributed by atoms with Gasteiger partial charge in [0, 0.05) is 11.7 Å². The number of nitrogens with one attached hydrogen (secondary N) is 1. The van der Waals surface area contributed by atoms with Crippen LogP contribution in [0, 0.1) is 23.2 Å². The monoisotopic (exact) mass is 270 g/mol. The Bertz CT molecular complexity index is 441. The van der Waals surface area contributed by atoms with Gasteiger partial charge in [0.25, 0.3) is 0 Å². The van der Waals surface area contributed by atoms with Gasteiger partial charge in [0.1, 0.15) is 0 Å². The molecule has 2 heteroatoms. The van der Waals surface area contributed by atoms with Crippen molar-refractivity contribution >= 4 is 5.69 Å². The fourth-order valence-electron chi connectivity index (χ4n) is 3.19. The maximum Gasteiger partial charge on any atom is 0.0669 e. The highest BCUT2D eigenvalue weighted by atomic mass is 14.9. The molecule has 1 saturated carbocycles. The molecule has 1 aromatic rings. The maximum atomic E-state index is 8.69. The minimum absolute atomic E-state index is 0.500. The topological polar surface area (TPSA) is 35.8 Å². The molecule has 20 heavy (non-hydrogen) atoms. The molecule has 0 amide bonds. The SMILES string of the molecule is CC(C)C1CCCC(Nc2ccc(CC#N)cc2)CC1. The third-order valence-electron chi connectivity index (χ3n) is 4.56. The van der Waals surface area contributed by atoms with E-state index in [0.717, 1.165) is 17.4 Å². The van der Waals surface area contributed by atoms with Crippen molar-refractivity contribution < 1.29 is 0 Å². The molecule has 0 aromatic heterocycles. The molecule has 0 radical (unpaired) electrons. The van der Waals surface area contributed by atoms with E-state index in [-0.39, 0.29) is 0 Å². The fourth-order valence-corrected chi connectivity index (χ4v) is 3.19. The first-order valence-corrected chi connectivity index (χ1v) is 7.91. The number of hydrogen-bond acceptors (Lipinski definition) is 2. The predicted molar refractivity (Wildman–Crippen MR) is 84.6 cm³/mol. The van der Waals surface area contributed by atoms with Crippen molar-refractivity contribution in [1.82, 2.24) is 0 Å². The highest BCUT2D eigenvalue weighted by Crippen LogP contribution is 2.30. The van der Waals surface area contributed by atoms with Gasteiger partial charge in [-0.3, -0.25) is 0 Å². The second-order valence-electron chi connectivity index (χ2n) is 6.39. The van der Waals surface area contributed by atoms with Crippen molar-refractivity contribution in [3.63, 3.8) is 0 Å². The first-order chi connectivity index (χ1) is 9.69. The Morgan fingerprint density at radius 2 is 1.90 bits per heavy atom. The fraction of sp³-hybridized carbons (Fsp3) is 0.611. The van der Waals surface area contributed by atoms with Gasteiger partial charge in [0.15, 0.2) is 0 Å². The highest BCUT2D eigenvalue weighted by Gasteiger charge is 2.20. The number of hydrogen-bond donors (Lipinski definition) is 1. The second-order valence-corrected chi connectivity index (χ2v) is 6.39. The molecule has 1 N–H and O–H groups in total. The van der Waals surface area contributed by atoms with E-state index in [1.54, 1.807) is 0 Å². The standard InChI is InChI=1S/C18H26N2/c1-14(2)16-4-3-5-17(11-8-16)20-18-9-6-15(7-10-18)12-13-19/h6-7,9-10,14,16-17,20H,3-5,8,11-12H2,1-2H3. The van der Waals surface area contributed by atoms with Crippen LogP contribution < -0.4 is 5.32 Å². The molecule has 0 heterocycles. The first kappa shape index (κ1) is 14.9. The molecule has 1 aliphatic carbocycles. The van der Waals surface area contributed by atoms with E-state index < -0.39 is 0 Å². The third kappa shape index (κ3) is 4.27. The quantitative estimate of drug-likeness (QED) is 0.800. The zero-order chi connectivity index (χ0) is 14.4. The van der Waals surface area contributed by atoms with Crippen molar-refractivity contribution in [2.24, 2.45) is 11.8 Å². The van der Waals surface area contributed by atoms with E-state index in [1.165, 1.54) is 37.8 Å². The van der Waals surface area contributed by atoms with Crippen molar-refractivity contribution in [3.8, 4) is 6.07 Å². The molecule has 108 valence electrons. The number of nitrogens with zero attached hydrogens (tertiary/aromatic N) is 1. The zero-order valence-electron chi connectivity index (χ0n) is 12.7. The van der Waals surface area contributed by atoms with Crippen molar-refractivity contribution in [2.75, 3.05) is 5.32 Å². The molecule has 1 fully saturated rings. The van der Waals surface area contributed by atoms with Crippen LogP contribution in [0.5, 0.6) is 0 Å². The van der Waals surface area contributed by atoms with Gasteiger partial charge in [-0.1, -0.05) is 38.8 Å². The zero-order valence-corrected chi connectivity index (χ0v) is 12.7. The van der Waals surface area contributed by atoms with Gasteiger partial charge in [-0.2, -0.15) is 5.26 Å². The number of rotatable bonds is 4. The lowest BCUT2D eigenvalue weighted by molar-refractivity contribution is 0.341. The van der Waals surface area contributed by atoms with E-state index in [4.69, 9.17) is 5.26 Å². The van der Waals surface area contributed by atoms with E-state index in [1.807, 2.05) is 0 Å². The summed E-state index contributed by atoms with van der Waals surface area (Å²) in [6, 6.07) is 11.1. The largest absolute Gasteiger partial charge is 0.382 e. The normalized spacial score (nSPS) is 23.1. The second kappa shape index (κ2) is 7.33. The van der Waals surface area contributed by atoms with E-state index >= 15 is 0 Å². The van der Waals surface area contributed by atoms with Gasteiger partial charge in [-0.25, -0.2) is 0 Å². The van der Waals surface area contributed by atoms with Crippen LogP contribution in [0.1, 0.15) is 51.5 Å². The summed E-state index contributed by atoms with van der Waals surface area (Å²) in [6.07, 6.45) is 7.14. The van der Waals surface area contributed by atoms with Gasteiger partial charge >= 0.3 is 0 Å². The van der Waals surface area contributed by atoms with Crippen LogP contribution in [0.4, 0.5) is 5.69 Å². The summed E-state index contributed by atoms with van der Waals surface area (Å²) in [5, 5.41) is 12.4. The van der Waals surface area contributed by atoms with E-state index in [2.05, 4.69) is 49.5 Å². The molecule has 2 unspecified atom stereocenters. The van der Waals surface area contributed by atoms with Crippen molar-refractivity contribution in [2.45, 2.75) is 58.4 Å². The minimum Gasteiger partial charge on any atom is -0.382 e. The molecule has 0 saturated heterocycles. The maximum absolute atomic E-state index is 8.69. The Kier molecular flexibility index (Phi) is 5.47. The van der Waals surface area contributed by atoms with Crippen LogP contribution in [0.3, 0.4) is 0 Å². The molecule has 2 rings (SSSR count). The Morgan fingerprint density at radius 3 is 2.55 bits per heavy atom. The molecular weight excluding hydrogens is 244 g/mol. The summed E-state index contributed by atoms with van der Waals surface area (Å²) in [5.74, 6) is 1.72. The van der Waals surface area contributed by atoms with Crippen LogP contribution in [0.2, 0.25) is 0 Å². The Labute approximate surface area is 123 Å². The van der Waals surface area contributed by atoms with Crippen LogP contribution >= 0.6 is 0 Å². The highest BCUT2D eigenvalue weighted by molar-refractivity contribution is 5.45. The first-order valence-electron chi connectivity index (χ1n) is 7.91. The van der Waals surface area contributed by atoms with Gasteiger partial charge in [0.05, 0.1) is 12.5 Å². The lowest BCUT2D eigenvalue weighted by Gasteiger charge is -2.20. The number of benzene rings is 1. The predicted octanol–water partition coefficient (Wildman–Crippen LogP) is 4.77. The molecule has 0 bridgehead atoms. The number of anilines is 1. The molecule has 2 atom stereocenters. The average Bonchev–Trinajstić information content (AvgIpc) is 2.67. The van der Waals surface area contributed by atoms with Gasteiger partial charge in [-0.15, -0.1) is 0 Å². The van der Waals surface area contributed by atoms with Crippen LogP contribution in [0.25, 0.3) is 0 Å². The molecular formula is C18H26N2. The summed E-state index contributed by atoms with van der Waals surface area (Å²) in [6.45, 7) is 4.71. The van der Waals surface area contributed by atoms with Gasteiger partial charge in [-0.05, 0) is 48.8 Å². The average molecular weight is 270 g/mol. The summed E-state index contributed by atoms with van der Waals surface area (Å²) in [7, 11) is 0. The summed E-state index contributed by atoms with van der Waals surface area (Å²) in [5.41, 5.74) is 2.29. The number of nitriles is 1. The molecule has 2 nitrogen and oxygen atoms in total. The third-order valence-corrected chi connectivity index (χ3v) is 4.56. The lowest BCUT2D eigenvalue weighted by Crippen LogP contribution is -2.18. The Balaban J connectivity index is 1.88.